The van der Waals surface area contributed by atoms with Gasteiger partial charge in [0, 0.05) is 42.8 Å². The third-order valence-corrected chi connectivity index (χ3v) is 5.04. The first-order valence-corrected chi connectivity index (χ1v) is 9.61. The summed E-state index contributed by atoms with van der Waals surface area (Å²) in [5, 5.41) is 4.51. The van der Waals surface area contributed by atoms with Gasteiger partial charge in [-0.3, -0.25) is 14.3 Å². The molecule has 0 amide bonds. The van der Waals surface area contributed by atoms with Crippen molar-refractivity contribution in [2.45, 2.75) is 44.7 Å². The Balaban J connectivity index is 1.54. The SMILES string of the molecule is O=c1ccc2ccc(Oc3cccnc3)nc2n1CCNC1CCCCC1. The van der Waals surface area contributed by atoms with Crippen LogP contribution in [0.25, 0.3) is 11.0 Å². The van der Waals surface area contributed by atoms with Crippen LogP contribution >= 0.6 is 0 Å². The first kappa shape index (κ1) is 17.7. The van der Waals surface area contributed by atoms with Crippen molar-refractivity contribution in [3.8, 4) is 11.6 Å². The highest BCUT2D eigenvalue weighted by Gasteiger charge is 2.13. The molecule has 1 aliphatic carbocycles. The predicted octanol–water partition coefficient (Wildman–Crippen LogP) is 3.51. The molecule has 4 rings (SSSR count). The van der Waals surface area contributed by atoms with Crippen molar-refractivity contribution in [3.63, 3.8) is 0 Å². The van der Waals surface area contributed by atoms with Crippen molar-refractivity contribution in [2.75, 3.05) is 6.54 Å². The molecule has 27 heavy (non-hydrogen) atoms. The molecule has 3 aromatic heterocycles. The fraction of sp³-hybridized carbons (Fsp3) is 0.381. The van der Waals surface area contributed by atoms with Crippen molar-refractivity contribution in [2.24, 2.45) is 0 Å². The van der Waals surface area contributed by atoms with Gasteiger partial charge in [-0.05, 0) is 37.1 Å². The van der Waals surface area contributed by atoms with E-state index in [1.54, 1.807) is 23.0 Å². The van der Waals surface area contributed by atoms with Crippen LogP contribution in [0.5, 0.6) is 11.6 Å². The number of nitrogens with zero attached hydrogens (tertiary/aromatic N) is 3. The monoisotopic (exact) mass is 364 g/mol. The smallest absolute Gasteiger partial charge is 0.252 e. The van der Waals surface area contributed by atoms with Crippen LogP contribution in [0.1, 0.15) is 32.1 Å². The van der Waals surface area contributed by atoms with Gasteiger partial charge in [0.2, 0.25) is 5.88 Å². The molecule has 3 aromatic rings. The lowest BCUT2D eigenvalue weighted by atomic mass is 9.95. The van der Waals surface area contributed by atoms with E-state index in [-0.39, 0.29) is 5.56 Å². The average molecular weight is 364 g/mol. The Kier molecular flexibility index (Phi) is 5.44. The summed E-state index contributed by atoms with van der Waals surface area (Å²) in [6.07, 6.45) is 9.71. The van der Waals surface area contributed by atoms with Crippen LogP contribution in [-0.2, 0) is 6.54 Å². The highest BCUT2D eigenvalue weighted by Crippen LogP contribution is 2.21. The van der Waals surface area contributed by atoms with Gasteiger partial charge in [-0.2, -0.15) is 4.98 Å². The van der Waals surface area contributed by atoms with Crippen molar-refractivity contribution in [1.29, 1.82) is 0 Å². The van der Waals surface area contributed by atoms with E-state index in [2.05, 4.69) is 15.3 Å². The van der Waals surface area contributed by atoms with Crippen LogP contribution in [0.3, 0.4) is 0 Å². The molecule has 6 heteroatoms. The molecule has 1 N–H and O–H groups in total. The van der Waals surface area contributed by atoms with E-state index >= 15 is 0 Å². The maximum atomic E-state index is 12.4. The minimum atomic E-state index is -0.0426. The first-order chi connectivity index (χ1) is 13.3. The van der Waals surface area contributed by atoms with E-state index in [1.165, 1.54) is 32.1 Å². The Morgan fingerprint density at radius 1 is 1.11 bits per heavy atom. The maximum absolute atomic E-state index is 12.4. The zero-order valence-electron chi connectivity index (χ0n) is 15.3. The van der Waals surface area contributed by atoms with Crippen LogP contribution in [0.15, 0.2) is 53.6 Å². The molecule has 0 atom stereocenters. The number of hydrogen-bond donors (Lipinski definition) is 1. The lowest BCUT2D eigenvalue weighted by Gasteiger charge is -2.23. The summed E-state index contributed by atoms with van der Waals surface area (Å²) in [6.45, 7) is 1.36. The fourth-order valence-corrected chi connectivity index (χ4v) is 3.63. The summed E-state index contributed by atoms with van der Waals surface area (Å²) in [6, 6.07) is 11.4. The van der Waals surface area contributed by atoms with Gasteiger partial charge in [0.05, 0.1) is 6.20 Å². The van der Waals surface area contributed by atoms with Crippen LogP contribution in [-0.4, -0.2) is 27.1 Å². The second-order valence-electron chi connectivity index (χ2n) is 6.97. The van der Waals surface area contributed by atoms with Crippen LogP contribution < -0.4 is 15.6 Å². The van der Waals surface area contributed by atoms with E-state index in [0.717, 1.165) is 11.9 Å². The summed E-state index contributed by atoms with van der Waals surface area (Å²) in [5.41, 5.74) is 0.605. The molecule has 0 aromatic carbocycles. The second kappa shape index (κ2) is 8.31. The molecule has 1 fully saturated rings. The van der Waals surface area contributed by atoms with Gasteiger partial charge in [-0.1, -0.05) is 19.3 Å². The van der Waals surface area contributed by atoms with E-state index in [9.17, 15) is 4.79 Å². The predicted molar refractivity (Wildman–Crippen MR) is 105 cm³/mol. The topological polar surface area (TPSA) is 69.0 Å². The summed E-state index contributed by atoms with van der Waals surface area (Å²) in [7, 11) is 0. The molecule has 1 saturated carbocycles. The molecule has 0 saturated heterocycles. The van der Waals surface area contributed by atoms with E-state index in [1.807, 2.05) is 30.3 Å². The minimum absolute atomic E-state index is 0.0426. The summed E-state index contributed by atoms with van der Waals surface area (Å²) in [4.78, 5) is 21.1. The van der Waals surface area contributed by atoms with Crippen LogP contribution in [0.4, 0.5) is 0 Å². The highest BCUT2D eigenvalue weighted by atomic mass is 16.5. The number of hydrogen-bond acceptors (Lipinski definition) is 5. The molecule has 0 aliphatic heterocycles. The van der Waals surface area contributed by atoms with Gasteiger partial charge >= 0.3 is 0 Å². The number of ether oxygens (including phenoxy) is 1. The molecule has 0 unspecified atom stereocenters. The second-order valence-corrected chi connectivity index (χ2v) is 6.97. The summed E-state index contributed by atoms with van der Waals surface area (Å²) in [5.74, 6) is 1.07. The number of fused-ring (bicyclic) bond motifs is 1. The molecule has 0 spiro atoms. The zero-order valence-corrected chi connectivity index (χ0v) is 15.3. The van der Waals surface area contributed by atoms with Crippen LogP contribution in [0, 0.1) is 0 Å². The third kappa shape index (κ3) is 4.34. The van der Waals surface area contributed by atoms with Gasteiger partial charge in [0.1, 0.15) is 11.4 Å². The normalized spacial score (nSPS) is 15.1. The Morgan fingerprint density at radius 2 is 1.96 bits per heavy atom. The molecule has 3 heterocycles. The molecular weight excluding hydrogens is 340 g/mol. The number of aromatic nitrogens is 3. The summed E-state index contributed by atoms with van der Waals surface area (Å²) >= 11 is 0. The van der Waals surface area contributed by atoms with Gasteiger partial charge in [0.15, 0.2) is 0 Å². The Morgan fingerprint density at radius 3 is 2.78 bits per heavy atom. The van der Waals surface area contributed by atoms with E-state index in [4.69, 9.17) is 4.74 Å². The quantitative estimate of drug-likeness (QED) is 0.725. The molecular formula is C21H24N4O2. The molecule has 0 bridgehead atoms. The van der Waals surface area contributed by atoms with Crippen molar-refractivity contribution in [3.05, 3.63) is 59.1 Å². The number of rotatable bonds is 6. The summed E-state index contributed by atoms with van der Waals surface area (Å²) < 4.78 is 7.50. The third-order valence-electron chi connectivity index (χ3n) is 5.04. The fourth-order valence-electron chi connectivity index (χ4n) is 3.63. The molecule has 140 valence electrons. The van der Waals surface area contributed by atoms with Gasteiger partial charge < -0.3 is 10.1 Å². The molecule has 0 radical (unpaired) electrons. The van der Waals surface area contributed by atoms with Gasteiger partial charge in [-0.25, -0.2) is 0 Å². The van der Waals surface area contributed by atoms with Crippen molar-refractivity contribution in [1.82, 2.24) is 19.9 Å². The molecule has 1 aliphatic rings. The standard InChI is InChI=1S/C21H24N4O2/c26-20-11-9-16-8-10-19(27-18-7-4-12-22-15-18)24-21(16)25(20)14-13-23-17-5-2-1-3-6-17/h4,7-12,15,17,23H,1-3,5-6,13-14H2. The number of pyridine rings is 3. The van der Waals surface area contributed by atoms with E-state index < -0.39 is 0 Å². The van der Waals surface area contributed by atoms with E-state index in [0.29, 0.717) is 29.9 Å². The Hall–Kier alpha value is -2.73. The first-order valence-electron chi connectivity index (χ1n) is 9.61. The molecule has 6 nitrogen and oxygen atoms in total. The average Bonchev–Trinajstić information content (AvgIpc) is 2.71. The van der Waals surface area contributed by atoms with Gasteiger partial charge in [0.25, 0.3) is 5.56 Å². The Bertz CT molecular complexity index is 949. The maximum Gasteiger partial charge on any atom is 0.252 e. The number of nitrogens with one attached hydrogen (secondary N) is 1. The zero-order chi connectivity index (χ0) is 18.5. The largest absolute Gasteiger partial charge is 0.437 e. The lowest BCUT2D eigenvalue weighted by molar-refractivity contribution is 0.368. The highest BCUT2D eigenvalue weighted by molar-refractivity contribution is 5.75. The minimum Gasteiger partial charge on any atom is -0.437 e. The Labute approximate surface area is 158 Å². The van der Waals surface area contributed by atoms with Crippen LogP contribution in [0.2, 0.25) is 0 Å². The lowest BCUT2D eigenvalue weighted by Crippen LogP contribution is -2.35. The van der Waals surface area contributed by atoms with Crippen molar-refractivity contribution < 1.29 is 4.74 Å². The van der Waals surface area contributed by atoms with Gasteiger partial charge in [-0.15, -0.1) is 0 Å². The van der Waals surface area contributed by atoms with Crippen molar-refractivity contribution >= 4 is 11.0 Å².